The average molecular weight is 598 g/mol. The Balaban J connectivity index is 0.00000420. The number of hydrogen-bond acceptors (Lipinski definition) is 10. The predicted molar refractivity (Wildman–Crippen MR) is 155 cm³/mol. The molecule has 0 spiro atoms. The van der Waals surface area contributed by atoms with Gasteiger partial charge in [0.15, 0.2) is 26.5 Å². The number of carbonyl (C=O) groups excluding carboxylic acids is 1. The highest BCUT2D eigenvalue weighted by atomic mass is 35.5. The van der Waals surface area contributed by atoms with Crippen molar-refractivity contribution in [3.63, 3.8) is 0 Å². The third kappa shape index (κ3) is 7.40. The minimum absolute atomic E-state index is 0. The van der Waals surface area contributed by atoms with E-state index in [0.29, 0.717) is 64.5 Å². The molecule has 1 aromatic heterocycles. The minimum atomic E-state index is -3.36. The lowest BCUT2D eigenvalue weighted by Crippen LogP contribution is -2.42. The Morgan fingerprint density at radius 3 is 2.36 bits per heavy atom. The van der Waals surface area contributed by atoms with Crippen LogP contribution >= 0.6 is 23.7 Å². The first kappa shape index (κ1) is 30.6. The van der Waals surface area contributed by atoms with E-state index in [1.54, 1.807) is 35.2 Å². The number of morpholine rings is 1. The monoisotopic (exact) mass is 597 g/mol. The molecule has 0 atom stereocenters. The van der Waals surface area contributed by atoms with Crippen LogP contribution in [0.1, 0.15) is 5.56 Å². The van der Waals surface area contributed by atoms with E-state index in [9.17, 15) is 13.2 Å². The Bertz CT molecular complexity index is 1410. The summed E-state index contributed by atoms with van der Waals surface area (Å²) in [7, 11) is 1.23. The number of ether oxygens (including phenoxy) is 4. The lowest BCUT2D eigenvalue weighted by Gasteiger charge is -2.28. The van der Waals surface area contributed by atoms with Gasteiger partial charge in [-0.05, 0) is 42.0 Å². The number of halogens is 1. The van der Waals surface area contributed by atoms with Crippen LogP contribution in [0.25, 0.3) is 16.3 Å². The number of sulfone groups is 1. The molecule has 4 rings (SSSR count). The Kier molecular flexibility index (Phi) is 10.6. The van der Waals surface area contributed by atoms with Gasteiger partial charge in [-0.15, -0.1) is 12.4 Å². The summed E-state index contributed by atoms with van der Waals surface area (Å²) in [4.78, 5) is 22.2. The number of benzene rings is 2. The number of fused-ring (bicyclic) bond motifs is 1. The van der Waals surface area contributed by atoms with Crippen LogP contribution in [-0.4, -0.2) is 91.2 Å². The molecule has 0 aliphatic carbocycles. The summed E-state index contributed by atoms with van der Waals surface area (Å²) in [6.45, 7) is 3.96. The van der Waals surface area contributed by atoms with Crippen molar-refractivity contribution < 1.29 is 32.2 Å². The molecule has 0 unspecified atom stereocenters. The highest BCUT2D eigenvalue weighted by molar-refractivity contribution is 7.90. The topological polar surface area (TPSA) is 108 Å². The number of amides is 1. The first-order valence-electron chi connectivity index (χ1n) is 11.9. The Morgan fingerprint density at radius 2 is 1.77 bits per heavy atom. The van der Waals surface area contributed by atoms with Gasteiger partial charge in [-0.3, -0.25) is 14.6 Å². The maximum Gasteiger partial charge on any atom is 0.252 e. The summed E-state index contributed by atoms with van der Waals surface area (Å²) in [5.74, 6) is 1.18. The largest absolute Gasteiger partial charge is 0.493 e. The molecule has 1 aliphatic heterocycles. The number of thiazole rings is 1. The maximum absolute atomic E-state index is 13.5. The van der Waals surface area contributed by atoms with Gasteiger partial charge in [0.05, 0.1) is 49.7 Å². The van der Waals surface area contributed by atoms with Crippen LogP contribution in [0.2, 0.25) is 0 Å². The molecule has 3 aromatic rings. The van der Waals surface area contributed by atoms with Gasteiger partial charge in [0.25, 0.3) is 5.91 Å². The quantitative estimate of drug-likeness (QED) is 0.324. The first-order chi connectivity index (χ1) is 18.2. The van der Waals surface area contributed by atoms with Crippen LogP contribution in [-0.2, 0) is 19.4 Å². The van der Waals surface area contributed by atoms with Gasteiger partial charge in [0, 0.05) is 38.5 Å². The molecule has 1 amide bonds. The van der Waals surface area contributed by atoms with Gasteiger partial charge in [-0.1, -0.05) is 11.3 Å². The molecule has 10 nitrogen and oxygen atoms in total. The second-order valence-electron chi connectivity index (χ2n) is 8.63. The molecule has 2 aromatic carbocycles. The Labute approximate surface area is 238 Å². The summed E-state index contributed by atoms with van der Waals surface area (Å²) in [6, 6.07) is 8.32. The second kappa shape index (κ2) is 13.4. The number of carbonyl (C=O) groups is 1. The molecule has 2 heterocycles. The van der Waals surface area contributed by atoms with Gasteiger partial charge in [-0.2, -0.15) is 0 Å². The van der Waals surface area contributed by atoms with Crippen molar-refractivity contribution in [3.8, 4) is 17.2 Å². The maximum atomic E-state index is 13.5. The van der Waals surface area contributed by atoms with E-state index < -0.39 is 9.84 Å². The van der Waals surface area contributed by atoms with Gasteiger partial charge < -0.3 is 18.9 Å². The molecule has 0 bridgehead atoms. The molecule has 0 saturated carbocycles. The second-order valence-corrected chi connectivity index (χ2v) is 11.7. The van der Waals surface area contributed by atoms with Crippen molar-refractivity contribution >= 4 is 60.9 Å². The fraction of sp³-hybridized carbons (Fsp3) is 0.385. The normalized spacial score (nSPS) is 14.3. The molecule has 13 heteroatoms. The van der Waals surface area contributed by atoms with E-state index in [0.717, 1.165) is 13.1 Å². The number of rotatable bonds is 10. The van der Waals surface area contributed by atoms with Crippen LogP contribution in [0.5, 0.6) is 17.2 Å². The average Bonchev–Trinajstić information content (AvgIpc) is 3.34. The SMILES string of the molecule is COc1cc(C=CC(=O)N(CCN2CCOCC2)c2nc3ccc(S(C)(=O)=O)cc3s2)cc(OC)c1OC.Cl. The van der Waals surface area contributed by atoms with Gasteiger partial charge >= 0.3 is 0 Å². The molecule has 1 fully saturated rings. The van der Waals surface area contributed by atoms with E-state index in [4.69, 9.17) is 18.9 Å². The zero-order valence-corrected chi connectivity index (χ0v) is 24.7. The third-order valence-electron chi connectivity index (χ3n) is 6.12. The summed E-state index contributed by atoms with van der Waals surface area (Å²) < 4.78 is 46.4. The Hall–Kier alpha value is -2.90. The van der Waals surface area contributed by atoms with E-state index >= 15 is 0 Å². The summed E-state index contributed by atoms with van der Waals surface area (Å²) in [6.07, 6.45) is 4.33. The highest BCUT2D eigenvalue weighted by Crippen LogP contribution is 2.38. The van der Waals surface area contributed by atoms with Crippen molar-refractivity contribution in [1.29, 1.82) is 0 Å². The van der Waals surface area contributed by atoms with E-state index in [2.05, 4.69) is 9.88 Å². The molecule has 212 valence electrons. The molecule has 0 radical (unpaired) electrons. The number of nitrogens with zero attached hydrogens (tertiary/aromatic N) is 3. The third-order valence-corrected chi connectivity index (χ3v) is 8.27. The fourth-order valence-corrected chi connectivity index (χ4v) is 5.82. The van der Waals surface area contributed by atoms with Crippen LogP contribution < -0.4 is 19.1 Å². The van der Waals surface area contributed by atoms with Crippen molar-refractivity contribution in [2.45, 2.75) is 4.90 Å². The van der Waals surface area contributed by atoms with Crippen LogP contribution in [0.3, 0.4) is 0 Å². The zero-order chi connectivity index (χ0) is 27.3. The molecule has 1 aliphatic rings. The van der Waals surface area contributed by atoms with Crippen LogP contribution in [0.4, 0.5) is 5.13 Å². The van der Waals surface area contributed by atoms with Gasteiger partial charge in [0.2, 0.25) is 5.75 Å². The predicted octanol–water partition coefficient (Wildman–Crippen LogP) is 3.53. The van der Waals surface area contributed by atoms with E-state index in [1.807, 2.05) is 0 Å². The summed E-state index contributed by atoms with van der Waals surface area (Å²) >= 11 is 1.29. The standard InChI is InChI=1S/C26H31N3O7S2.ClH/c1-33-21-15-18(16-22(34-2)25(21)35-3)5-8-24(30)29(10-9-28-11-13-36-14-12-28)26-27-20-7-6-19(38(4,31)32)17-23(20)37-26;/h5-8,15-17H,9-14H2,1-4H3;1H. The molecule has 0 N–H and O–H groups in total. The number of methoxy groups -OCH3 is 3. The number of hydrogen-bond donors (Lipinski definition) is 0. The number of aromatic nitrogens is 1. The van der Waals surface area contributed by atoms with E-state index in [1.165, 1.54) is 51.1 Å². The lowest BCUT2D eigenvalue weighted by atomic mass is 10.1. The molecule has 1 saturated heterocycles. The zero-order valence-electron chi connectivity index (χ0n) is 22.2. The molecular formula is C26H32ClN3O7S2. The van der Waals surface area contributed by atoms with Crippen molar-refractivity contribution in [1.82, 2.24) is 9.88 Å². The van der Waals surface area contributed by atoms with Gasteiger partial charge in [-0.25, -0.2) is 13.4 Å². The van der Waals surface area contributed by atoms with Crippen LogP contribution in [0, 0.1) is 0 Å². The van der Waals surface area contributed by atoms with Crippen molar-refractivity contribution in [2.24, 2.45) is 0 Å². The van der Waals surface area contributed by atoms with Crippen molar-refractivity contribution in [3.05, 3.63) is 42.0 Å². The smallest absolute Gasteiger partial charge is 0.252 e. The Morgan fingerprint density at radius 1 is 1.10 bits per heavy atom. The van der Waals surface area contributed by atoms with Crippen molar-refractivity contribution in [2.75, 3.05) is 71.9 Å². The minimum Gasteiger partial charge on any atom is -0.493 e. The van der Waals surface area contributed by atoms with Crippen LogP contribution in [0.15, 0.2) is 41.3 Å². The fourth-order valence-electron chi connectivity index (χ4n) is 4.06. The number of anilines is 1. The summed E-state index contributed by atoms with van der Waals surface area (Å²) in [5, 5.41) is 0.499. The summed E-state index contributed by atoms with van der Waals surface area (Å²) in [5.41, 5.74) is 1.33. The first-order valence-corrected chi connectivity index (χ1v) is 14.6. The molecular weight excluding hydrogens is 566 g/mol. The molecule has 39 heavy (non-hydrogen) atoms. The highest BCUT2D eigenvalue weighted by Gasteiger charge is 2.21. The van der Waals surface area contributed by atoms with Gasteiger partial charge in [0.1, 0.15) is 0 Å². The van der Waals surface area contributed by atoms with E-state index in [-0.39, 0.29) is 23.2 Å². The lowest BCUT2D eigenvalue weighted by molar-refractivity contribution is -0.114.